The lowest BCUT2D eigenvalue weighted by atomic mass is 10.1. The highest BCUT2D eigenvalue weighted by molar-refractivity contribution is 7.80. The molecule has 1 aromatic rings. The summed E-state index contributed by atoms with van der Waals surface area (Å²) in [4.78, 5) is 2.44. The lowest BCUT2D eigenvalue weighted by Crippen LogP contribution is -2.26. The first-order valence-electron chi connectivity index (χ1n) is 7.39. The minimum atomic E-state index is -0.266. The molecule has 0 aliphatic heterocycles. The van der Waals surface area contributed by atoms with Gasteiger partial charge in [-0.2, -0.15) is 0 Å². The standard InChI is InChI=1S/C16H25FN2S/c1-3-5-10-19(11-6-4-2)12-13-8-7-9-14(15(13)17)16(18)20/h7-9H,3-6,10-12H2,1-2H3,(H2,18,20). The van der Waals surface area contributed by atoms with E-state index < -0.39 is 0 Å². The number of rotatable bonds is 9. The first-order valence-corrected chi connectivity index (χ1v) is 7.80. The number of nitrogens with two attached hydrogens (primary N) is 1. The molecule has 0 heterocycles. The average Bonchev–Trinajstić information content (AvgIpc) is 2.43. The van der Waals surface area contributed by atoms with Gasteiger partial charge in [-0.25, -0.2) is 4.39 Å². The van der Waals surface area contributed by atoms with E-state index in [1.165, 1.54) is 0 Å². The monoisotopic (exact) mass is 296 g/mol. The number of hydrogen-bond donors (Lipinski definition) is 1. The van der Waals surface area contributed by atoms with Crippen molar-refractivity contribution in [2.24, 2.45) is 5.73 Å². The first-order chi connectivity index (χ1) is 9.60. The third kappa shape index (κ3) is 5.17. The molecule has 0 atom stereocenters. The fraction of sp³-hybridized carbons (Fsp3) is 0.562. The van der Waals surface area contributed by atoms with E-state index in [0.29, 0.717) is 17.7 Å². The summed E-state index contributed by atoms with van der Waals surface area (Å²) < 4.78 is 14.3. The van der Waals surface area contributed by atoms with Crippen LogP contribution in [0.25, 0.3) is 0 Å². The minimum Gasteiger partial charge on any atom is -0.389 e. The van der Waals surface area contributed by atoms with Crippen molar-refractivity contribution in [1.29, 1.82) is 0 Å². The topological polar surface area (TPSA) is 29.3 Å². The Morgan fingerprint density at radius 2 is 1.80 bits per heavy atom. The summed E-state index contributed by atoms with van der Waals surface area (Å²) in [5.41, 5.74) is 6.59. The zero-order chi connectivity index (χ0) is 15.0. The van der Waals surface area contributed by atoms with Crippen molar-refractivity contribution in [3.63, 3.8) is 0 Å². The number of thiocarbonyl (C=S) groups is 1. The Hall–Kier alpha value is -1.00. The van der Waals surface area contributed by atoms with E-state index >= 15 is 0 Å². The fourth-order valence-electron chi connectivity index (χ4n) is 2.17. The first kappa shape index (κ1) is 17.1. The third-order valence-electron chi connectivity index (χ3n) is 3.39. The van der Waals surface area contributed by atoms with Crippen LogP contribution in [0.1, 0.15) is 50.7 Å². The van der Waals surface area contributed by atoms with E-state index in [9.17, 15) is 4.39 Å². The van der Waals surface area contributed by atoms with Gasteiger partial charge in [0.2, 0.25) is 0 Å². The van der Waals surface area contributed by atoms with Gasteiger partial charge in [0.1, 0.15) is 10.8 Å². The third-order valence-corrected chi connectivity index (χ3v) is 3.61. The maximum absolute atomic E-state index is 14.3. The van der Waals surface area contributed by atoms with E-state index in [1.54, 1.807) is 6.07 Å². The van der Waals surface area contributed by atoms with Crippen molar-refractivity contribution in [3.05, 3.63) is 35.1 Å². The molecule has 0 fully saturated rings. The highest BCUT2D eigenvalue weighted by atomic mass is 32.1. The summed E-state index contributed by atoms with van der Waals surface area (Å²) in [6.07, 6.45) is 4.58. The zero-order valence-electron chi connectivity index (χ0n) is 12.5. The molecule has 0 saturated heterocycles. The van der Waals surface area contributed by atoms with Crippen LogP contribution in [0.5, 0.6) is 0 Å². The summed E-state index contributed by atoms with van der Waals surface area (Å²) in [6.45, 7) is 6.99. The smallest absolute Gasteiger partial charge is 0.137 e. The van der Waals surface area contributed by atoms with E-state index in [1.807, 2.05) is 12.1 Å². The molecule has 0 aliphatic carbocycles. The van der Waals surface area contributed by atoms with E-state index in [0.717, 1.165) is 38.8 Å². The Bertz CT molecular complexity index is 426. The van der Waals surface area contributed by atoms with Crippen molar-refractivity contribution < 1.29 is 4.39 Å². The van der Waals surface area contributed by atoms with E-state index in [2.05, 4.69) is 18.7 Å². The normalized spacial score (nSPS) is 11.0. The Balaban J connectivity index is 2.81. The Morgan fingerprint density at radius 3 is 2.30 bits per heavy atom. The van der Waals surface area contributed by atoms with Gasteiger partial charge >= 0.3 is 0 Å². The average molecular weight is 296 g/mol. The maximum Gasteiger partial charge on any atom is 0.137 e. The van der Waals surface area contributed by atoms with Crippen LogP contribution in [-0.4, -0.2) is 23.0 Å². The second kappa shape index (κ2) is 9.03. The van der Waals surface area contributed by atoms with Gasteiger partial charge in [0.15, 0.2) is 0 Å². The largest absolute Gasteiger partial charge is 0.389 e. The minimum absolute atomic E-state index is 0.123. The van der Waals surface area contributed by atoms with Crippen LogP contribution in [-0.2, 0) is 6.54 Å². The number of nitrogens with zero attached hydrogens (tertiary/aromatic N) is 1. The second-order valence-electron chi connectivity index (χ2n) is 5.13. The van der Waals surface area contributed by atoms with Gasteiger partial charge in [0.25, 0.3) is 0 Å². The molecule has 112 valence electrons. The maximum atomic E-state index is 14.3. The van der Waals surface area contributed by atoms with Crippen LogP contribution in [0.3, 0.4) is 0 Å². The summed E-state index contributed by atoms with van der Waals surface area (Å²) in [5.74, 6) is -0.266. The van der Waals surface area contributed by atoms with Crippen molar-refractivity contribution in [1.82, 2.24) is 4.90 Å². The van der Waals surface area contributed by atoms with Crippen molar-refractivity contribution >= 4 is 17.2 Å². The lowest BCUT2D eigenvalue weighted by molar-refractivity contribution is 0.253. The van der Waals surface area contributed by atoms with E-state index in [-0.39, 0.29) is 10.8 Å². The van der Waals surface area contributed by atoms with Gasteiger partial charge in [0, 0.05) is 17.7 Å². The molecule has 1 aromatic carbocycles. The molecule has 0 aromatic heterocycles. The van der Waals surface area contributed by atoms with Crippen molar-refractivity contribution in [2.45, 2.75) is 46.1 Å². The number of hydrogen-bond acceptors (Lipinski definition) is 2. The molecule has 0 saturated carbocycles. The van der Waals surface area contributed by atoms with Gasteiger partial charge in [-0.05, 0) is 32.0 Å². The van der Waals surface area contributed by atoms with Crippen molar-refractivity contribution in [2.75, 3.05) is 13.1 Å². The van der Waals surface area contributed by atoms with Crippen LogP contribution < -0.4 is 5.73 Å². The lowest BCUT2D eigenvalue weighted by Gasteiger charge is -2.22. The highest BCUT2D eigenvalue weighted by Gasteiger charge is 2.13. The molecular formula is C16H25FN2S. The number of halogens is 1. The van der Waals surface area contributed by atoms with Gasteiger partial charge in [0.05, 0.1) is 0 Å². The van der Waals surface area contributed by atoms with Crippen LogP contribution in [0, 0.1) is 5.82 Å². The Kier molecular flexibility index (Phi) is 7.70. The van der Waals surface area contributed by atoms with Gasteiger partial charge in [-0.1, -0.05) is 51.0 Å². The van der Waals surface area contributed by atoms with Crippen molar-refractivity contribution in [3.8, 4) is 0 Å². The van der Waals surface area contributed by atoms with Gasteiger partial charge in [-0.3, -0.25) is 4.90 Å². The fourth-order valence-corrected chi connectivity index (χ4v) is 2.32. The molecule has 0 aliphatic rings. The number of unbranched alkanes of at least 4 members (excludes halogenated alkanes) is 2. The molecule has 20 heavy (non-hydrogen) atoms. The molecular weight excluding hydrogens is 271 g/mol. The SMILES string of the molecule is CCCCN(CCCC)Cc1cccc(C(N)=S)c1F. The predicted octanol–water partition coefficient (Wildman–Crippen LogP) is 3.86. The molecule has 0 unspecified atom stereocenters. The molecule has 2 nitrogen and oxygen atoms in total. The highest BCUT2D eigenvalue weighted by Crippen LogP contribution is 2.16. The van der Waals surface area contributed by atoms with Crippen LogP contribution in [0.4, 0.5) is 4.39 Å². The molecule has 0 bridgehead atoms. The molecule has 2 N–H and O–H groups in total. The van der Waals surface area contributed by atoms with Crippen LogP contribution in [0.2, 0.25) is 0 Å². The summed E-state index contributed by atoms with van der Waals surface area (Å²) in [6, 6.07) is 5.29. The number of benzene rings is 1. The zero-order valence-corrected chi connectivity index (χ0v) is 13.3. The summed E-state index contributed by atoms with van der Waals surface area (Å²) in [5, 5.41) is 0. The predicted molar refractivity (Wildman–Crippen MR) is 87.4 cm³/mol. The van der Waals surface area contributed by atoms with Crippen LogP contribution >= 0.6 is 12.2 Å². The molecule has 0 radical (unpaired) electrons. The van der Waals surface area contributed by atoms with Crippen LogP contribution in [0.15, 0.2) is 18.2 Å². The Morgan fingerprint density at radius 1 is 1.20 bits per heavy atom. The summed E-state index contributed by atoms with van der Waals surface area (Å²) >= 11 is 4.89. The molecule has 1 rings (SSSR count). The Labute approximate surface area is 127 Å². The van der Waals surface area contributed by atoms with Gasteiger partial charge < -0.3 is 5.73 Å². The summed E-state index contributed by atoms with van der Waals surface area (Å²) in [7, 11) is 0. The second-order valence-corrected chi connectivity index (χ2v) is 5.57. The molecule has 0 amide bonds. The molecule has 4 heteroatoms. The van der Waals surface area contributed by atoms with E-state index in [4.69, 9.17) is 18.0 Å². The molecule has 0 spiro atoms. The quantitative estimate of drug-likeness (QED) is 0.702. The van der Waals surface area contributed by atoms with Gasteiger partial charge in [-0.15, -0.1) is 0 Å².